The number of methoxy groups -OCH3 is 2. The van der Waals surface area contributed by atoms with Gasteiger partial charge in [-0.15, -0.1) is 0 Å². The van der Waals surface area contributed by atoms with E-state index in [-0.39, 0.29) is 0 Å². The molecule has 0 spiro atoms. The molecule has 0 atom stereocenters. The Bertz CT molecular complexity index is 923. The van der Waals surface area contributed by atoms with Crippen molar-refractivity contribution in [1.29, 1.82) is 0 Å². The van der Waals surface area contributed by atoms with Crippen LogP contribution in [0.2, 0.25) is 0 Å². The smallest absolute Gasteiger partial charge is 0.331 e. The molecule has 0 saturated heterocycles. The van der Waals surface area contributed by atoms with Crippen LogP contribution < -0.4 is 24.3 Å². The van der Waals surface area contributed by atoms with Crippen molar-refractivity contribution in [2.24, 2.45) is 0 Å². The second-order valence-electron chi connectivity index (χ2n) is 5.96. The van der Waals surface area contributed by atoms with Crippen LogP contribution in [0, 0.1) is 0 Å². The lowest BCUT2D eigenvalue weighted by Gasteiger charge is -2.18. The van der Waals surface area contributed by atoms with Crippen LogP contribution in [0.15, 0.2) is 42.5 Å². The van der Waals surface area contributed by atoms with Gasteiger partial charge < -0.3 is 29.0 Å². The zero-order valence-corrected chi connectivity index (χ0v) is 16.1. The summed E-state index contributed by atoms with van der Waals surface area (Å²) in [5.41, 5.74) is 1.25. The highest BCUT2D eigenvalue weighted by atomic mass is 16.6. The van der Waals surface area contributed by atoms with E-state index >= 15 is 0 Å². The molecular formula is C21H21NO7. The Labute approximate surface area is 168 Å². The Kier molecular flexibility index (Phi) is 6.57. The van der Waals surface area contributed by atoms with Crippen molar-refractivity contribution in [3.63, 3.8) is 0 Å². The van der Waals surface area contributed by atoms with Gasteiger partial charge in [-0.1, -0.05) is 6.07 Å². The van der Waals surface area contributed by atoms with Crippen molar-refractivity contribution < 1.29 is 33.3 Å². The number of carbonyl (C=O) groups excluding carboxylic acids is 2. The summed E-state index contributed by atoms with van der Waals surface area (Å²) in [6.07, 6.45) is 2.79. The van der Waals surface area contributed by atoms with E-state index in [0.29, 0.717) is 41.9 Å². The fraction of sp³-hybridized carbons (Fsp3) is 0.238. The second kappa shape index (κ2) is 9.50. The fourth-order valence-electron chi connectivity index (χ4n) is 2.62. The van der Waals surface area contributed by atoms with Crippen molar-refractivity contribution >= 4 is 23.6 Å². The lowest BCUT2D eigenvalue weighted by atomic mass is 10.2. The van der Waals surface area contributed by atoms with Crippen LogP contribution in [0.1, 0.15) is 5.56 Å². The van der Waals surface area contributed by atoms with Crippen molar-refractivity contribution in [3.05, 3.63) is 48.0 Å². The van der Waals surface area contributed by atoms with E-state index in [1.165, 1.54) is 13.2 Å². The average Bonchev–Trinajstić information content (AvgIpc) is 2.75. The summed E-state index contributed by atoms with van der Waals surface area (Å²) >= 11 is 0. The highest BCUT2D eigenvalue weighted by Crippen LogP contribution is 2.32. The molecule has 0 saturated carbocycles. The first-order valence-electron chi connectivity index (χ1n) is 8.85. The first kappa shape index (κ1) is 20.1. The molecular weight excluding hydrogens is 378 g/mol. The highest BCUT2D eigenvalue weighted by Gasteiger charge is 2.13. The van der Waals surface area contributed by atoms with Crippen molar-refractivity contribution in [1.82, 2.24) is 0 Å². The molecule has 29 heavy (non-hydrogen) atoms. The summed E-state index contributed by atoms with van der Waals surface area (Å²) in [5.74, 6) is 1.21. The monoisotopic (exact) mass is 399 g/mol. The third-order valence-corrected chi connectivity index (χ3v) is 3.99. The quantitative estimate of drug-likeness (QED) is 0.565. The molecule has 1 aliphatic rings. The number of hydrogen-bond acceptors (Lipinski definition) is 7. The van der Waals surface area contributed by atoms with Gasteiger partial charge in [-0.2, -0.15) is 0 Å². The third-order valence-electron chi connectivity index (χ3n) is 3.99. The number of rotatable bonds is 7. The normalized spacial score (nSPS) is 12.3. The van der Waals surface area contributed by atoms with E-state index < -0.39 is 18.5 Å². The molecule has 0 radical (unpaired) electrons. The molecule has 0 aromatic heterocycles. The molecule has 2 aromatic carbocycles. The van der Waals surface area contributed by atoms with Crippen LogP contribution in [0.25, 0.3) is 6.08 Å². The lowest BCUT2D eigenvalue weighted by Crippen LogP contribution is -2.20. The van der Waals surface area contributed by atoms with Crippen LogP contribution in [0.4, 0.5) is 5.69 Å². The van der Waals surface area contributed by atoms with Gasteiger partial charge in [0.05, 0.1) is 14.2 Å². The minimum absolute atomic E-state index is 0.413. The Hall–Kier alpha value is -3.68. The average molecular weight is 399 g/mol. The number of fused-ring (bicyclic) bond motifs is 1. The molecule has 2 aromatic rings. The number of hydrogen-bond donors (Lipinski definition) is 1. The van der Waals surface area contributed by atoms with Gasteiger partial charge in [0, 0.05) is 17.8 Å². The van der Waals surface area contributed by atoms with Gasteiger partial charge in [0.25, 0.3) is 5.91 Å². The molecule has 1 amide bonds. The highest BCUT2D eigenvalue weighted by molar-refractivity contribution is 5.94. The fourth-order valence-corrected chi connectivity index (χ4v) is 2.62. The second-order valence-corrected chi connectivity index (χ2v) is 5.96. The summed E-state index contributed by atoms with van der Waals surface area (Å²) in [4.78, 5) is 23.9. The van der Waals surface area contributed by atoms with E-state index in [1.54, 1.807) is 49.6 Å². The van der Waals surface area contributed by atoms with Gasteiger partial charge in [0.2, 0.25) is 0 Å². The number of carbonyl (C=O) groups is 2. The lowest BCUT2D eigenvalue weighted by molar-refractivity contribution is -0.142. The maximum Gasteiger partial charge on any atom is 0.331 e. The largest absolute Gasteiger partial charge is 0.493 e. The minimum atomic E-state index is -0.642. The van der Waals surface area contributed by atoms with Gasteiger partial charge >= 0.3 is 5.97 Å². The van der Waals surface area contributed by atoms with Crippen LogP contribution in [-0.4, -0.2) is 45.9 Å². The Morgan fingerprint density at radius 1 is 1.00 bits per heavy atom. The Balaban J connectivity index is 1.50. The van der Waals surface area contributed by atoms with Crippen molar-refractivity contribution in [3.8, 4) is 23.0 Å². The van der Waals surface area contributed by atoms with Gasteiger partial charge in [-0.25, -0.2) is 4.79 Å². The van der Waals surface area contributed by atoms with E-state index in [4.69, 9.17) is 23.7 Å². The minimum Gasteiger partial charge on any atom is -0.493 e. The molecule has 1 aliphatic heterocycles. The number of esters is 1. The van der Waals surface area contributed by atoms with Gasteiger partial charge in [0.15, 0.2) is 29.6 Å². The number of amides is 1. The number of nitrogens with one attached hydrogen (secondary N) is 1. The summed E-state index contributed by atoms with van der Waals surface area (Å²) in [7, 11) is 3.07. The third kappa shape index (κ3) is 5.41. The summed E-state index contributed by atoms with van der Waals surface area (Å²) in [5, 5.41) is 2.64. The Morgan fingerprint density at radius 2 is 1.76 bits per heavy atom. The molecule has 0 bridgehead atoms. The predicted molar refractivity (Wildman–Crippen MR) is 106 cm³/mol. The number of benzene rings is 2. The van der Waals surface area contributed by atoms with Crippen molar-refractivity contribution in [2.75, 3.05) is 39.4 Å². The summed E-state index contributed by atoms with van der Waals surface area (Å²) in [6.45, 7) is 0.531. The topological polar surface area (TPSA) is 92.3 Å². The van der Waals surface area contributed by atoms with E-state index in [1.807, 2.05) is 0 Å². The molecule has 8 nitrogen and oxygen atoms in total. The molecule has 0 aliphatic carbocycles. The first-order valence-corrected chi connectivity index (χ1v) is 8.85. The molecule has 1 heterocycles. The Morgan fingerprint density at radius 3 is 2.52 bits per heavy atom. The molecule has 3 rings (SSSR count). The van der Waals surface area contributed by atoms with Crippen LogP contribution in [-0.2, 0) is 14.3 Å². The van der Waals surface area contributed by atoms with Gasteiger partial charge in [0.1, 0.15) is 13.2 Å². The van der Waals surface area contributed by atoms with E-state index in [2.05, 4.69) is 5.32 Å². The molecule has 1 N–H and O–H groups in total. The molecule has 0 unspecified atom stereocenters. The van der Waals surface area contributed by atoms with E-state index in [9.17, 15) is 9.59 Å². The number of anilines is 1. The molecule has 8 heteroatoms. The summed E-state index contributed by atoms with van der Waals surface area (Å²) in [6, 6.07) is 10.3. The zero-order valence-electron chi connectivity index (χ0n) is 16.1. The van der Waals surface area contributed by atoms with Crippen molar-refractivity contribution in [2.45, 2.75) is 0 Å². The maximum absolute atomic E-state index is 12.0. The van der Waals surface area contributed by atoms with Crippen LogP contribution in [0.5, 0.6) is 23.0 Å². The SMILES string of the molecule is COc1ccc(/C=C/C(=O)OCC(=O)Nc2ccc3c(c2)OCCO3)cc1OC. The number of ether oxygens (including phenoxy) is 5. The first-order chi connectivity index (χ1) is 14.1. The molecule has 152 valence electrons. The zero-order chi connectivity index (χ0) is 20.6. The van der Waals surface area contributed by atoms with Crippen LogP contribution in [0.3, 0.4) is 0 Å². The standard InChI is InChI=1S/C21H21NO7/c1-25-16-6-3-14(11-18(16)26-2)4-8-21(24)29-13-20(23)22-15-5-7-17-19(12-15)28-10-9-27-17/h3-8,11-12H,9-10,13H2,1-2H3,(H,22,23)/b8-4+. The predicted octanol–water partition coefficient (Wildman–Crippen LogP) is 2.67. The summed E-state index contributed by atoms with van der Waals surface area (Å²) < 4.78 is 26.2. The van der Waals surface area contributed by atoms with E-state index in [0.717, 1.165) is 5.56 Å². The van der Waals surface area contributed by atoms with Gasteiger partial charge in [-0.3, -0.25) is 4.79 Å². The van der Waals surface area contributed by atoms with Gasteiger partial charge in [-0.05, 0) is 35.9 Å². The maximum atomic E-state index is 12.0. The molecule has 0 fully saturated rings. The van der Waals surface area contributed by atoms with Crippen LogP contribution >= 0.6 is 0 Å².